The third-order valence-electron chi connectivity index (χ3n) is 7.36. The monoisotopic (exact) mass is 651 g/mol. The number of carbonyl (C=O) groups excluding carboxylic acids is 2. The topological polar surface area (TPSA) is 218 Å². The molecule has 1 aliphatic rings. The van der Waals surface area contributed by atoms with Crippen molar-refractivity contribution in [3.8, 4) is 0 Å². The molecule has 0 saturated carbocycles. The van der Waals surface area contributed by atoms with Crippen LogP contribution in [0.5, 0.6) is 0 Å². The molecule has 1 aromatic carbocycles. The van der Waals surface area contributed by atoms with Gasteiger partial charge in [0.2, 0.25) is 5.91 Å². The second-order valence-electron chi connectivity index (χ2n) is 11.9. The third-order valence-corrected chi connectivity index (χ3v) is 7.36. The summed E-state index contributed by atoms with van der Waals surface area (Å²) < 4.78 is 0. The molecule has 0 bridgehead atoms. The number of carboxylic acids is 3. The van der Waals surface area contributed by atoms with Crippen LogP contribution < -0.4 is 16.5 Å². The number of hydrogen-bond donors (Lipinski definition) is 6. The molecule has 1 heterocycles. The van der Waals surface area contributed by atoms with Crippen molar-refractivity contribution in [1.82, 2.24) is 30.4 Å². The minimum atomic E-state index is -1.02. The van der Waals surface area contributed by atoms with E-state index in [-0.39, 0.29) is 57.1 Å². The first-order valence-electron chi connectivity index (χ1n) is 15.4. The molecule has 7 N–H and O–H groups in total. The minimum Gasteiger partial charge on any atom is -0.480 e. The maximum Gasteiger partial charge on any atom is 0.317 e. The van der Waals surface area contributed by atoms with Gasteiger partial charge in [-0.25, -0.2) is 5.48 Å². The zero-order chi connectivity index (χ0) is 34.1. The summed E-state index contributed by atoms with van der Waals surface area (Å²) in [5.74, 6) is -3.38. The van der Waals surface area contributed by atoms with E-state index < -0.39 is 23.9 Å². The Balaban J connectivity index is 1.94. The van der Waals surface area contributed by atoms with Crippen LogP contribution in [0.25, 0.3) is 0 Å². The summed E-state index contributed by atoms with van der Waals surface area (Å²) in [6, 6.07) is 6.68. The zero-order valence-corrected chi connectivity index (χ0v) is 26.7. The average Bonchev–Trinajstić information content (AvgIpc) is 2.96. The van der Waals surface area contributed by atoms with Gasteiger partial charge in [-0.15, -0.1) is 0 Å². The Morgan fingerprint density at radius 1 is 0.717 bits per heavy atom. The van der Waals surface area contributed by atoms with Crippen LogP contribution in [-0.4, -0.2) is 149 Å². The SMILES string of the molecule is CC(C)CC(N)C(=O)NOCc1ccc(CNC(=O)CN2CCN(CC(=O)O)CCN(CC(=O)O)CCN(CC(=O)O)CC2)cc1. The van der Waals surface area contributed by atoms with E-state index in [4.69, 9.17) is 10.6 Å². The van der Waals surface area contributed by atoms with Crippen LogP contribution >= 0.6 is 0 Å². The Labute approximate surface area is 269 Å². The van der Waals surface area contributed by atoms with Crippen molar-refractivity contribution in [1.29, 1.82) is 0 Å². The first-order valence-corrected chi connectivity index (χ1v) is 15.4. The van der Waals surface area contributed by atoms with E-state index in [9.17, 15) is 39.3 Å². The van der Waals surface area contributed by atoms with Crippen molar-refractivity contribution in [2.75, 3.05) is 78.5 Å². The number of carboxylic acid groups (broad SMARTS) is 3. The number of hydrogen-bond acceptors (Lipinski definition) is 11. The third kappa shape index (κ3) is 16.6. The largest absolute Gasteiger partial charge is 0.480 e. The molecule has 16 nitrogen and oxygen atoms in total. The number of carbonyl (C=O) groups is 5. The second kappa shape index (κ2) is 20.5. The number of hydroxylamine groups is 1. The molecular formula is C30H49N7O9. The van der Waals surface area contributed by atoms with Gasteiger partial charge < -0.3 is 26.4 Å². The van der Waals surface area contributed by atoms with Crippen molar-refractivity contribution in [3.05, 3.63) is 35.4 Å². The predicted octanol–water partition coefficient (Wildman–Crippen LogP) is -1.30. The van der Waals surface area contributed by atoms with Gasteiger partial charge in [0, 0.05) is 58.9 Å². The fourth-order valence-electron chi connectivity index (χ4n) is 4.88. The highest BCUT2D eigenvalue weighted by atomic mass is 16.6. The lowest BCUT2D eigenvalue weighted by atomic mass is 10.0. The lowest BCUT2D eigenvalue weighted by Gasteiger charge is -2.32. The van der Waals surface area contributed by atoms with E-state index >= 15 is 0 Å². The second-order valence-corrected chi connectivity index (χ2v) is 11.9. The number of nitrogens with one attached hydrogen (secondary N) is 2. The lowest BCUT2D eigenvalue weighted by Crippen LogP contribution is -2.49. The summed E-state index contributed by atoms with van der Waals surface area (Å²) in [6.07, 6.45) is 0.550. The Morgan fingerprint density at radius 2 is 1.11 bits per heavy atom. The van der Waals surface area contributed by atoms with Crippen molar-refractivity contribution in [2.45, 2.75) is 39.5 Å². The quantitative estimate of drug-likeness (QED) is 0.115. The standard InChI is InChI=1S/C30H49N7O9/c1-22(2)15-25(31)30(45)33-46-21-24-5-3-23(4-6-24)16-32-26(38)17-34-7-9-35(18-27(39)40)11-13-37(20-29(43)44)14-12-36(10-8-34)19-28(41)42/h3-6,22,25H,7-21,31H2,1-2H3,(H,32,38)(H,33,45)(H,39,40)(H,41,42)(H,43,44). The molecule has 16 heteroatoms. The molecule has 258 valence electrons. The average molecular weight is 652 g/mol. The maximum absolute atomic E-state index is 12.9. The number of benzene rings is 1. The van der Waals surface area contributed by atoms with Gasteiger partial charge in [-0.3, -0.25) is 48.4 Å². The highest BCUT2D eigenvalue weighted by molar-refractivity contribution is 5.80. The van der Waals surface area contributed by atoms with Gasteiger partial charge in [-0.1, -0.05) is 38.1 Å². The molecule has 1 saturated heterocycles. The van der Waals surface area contributed by atoms with E-state index in [0.717, 1.165) is 11.1 Å². The molecule has 0 aliphatic carbocycles. The molecule has 46 heavy (non-hydrogen) atoms. The van der Waals surface area contributed by atoms with E-state index in [1.807, 2.05) is 43.0 Å². The van der Waals surface area contributed by atoms with Gasteiger partial charge in [0.05, 0.1) is 38.8 Å². The highest BCUT2D eigenvalue weighted by Gasteiger charge is 2.21. The summed E-state index contributed by atoms with van der Waals surface area (Å²) in [6.45, 7) is 6.27. The van der Waals surface area contributed by atoms with Crippen LogP contribution in [0.2, 0.25) is 0 Å². The lowest BCUT2D eigenvalue weighted by molar-refractivity contribution is -0.140. The molecule has 0 spiro atoms. The van der Waals surface area contributed by atoms with Crippen molar-refractivity contribution in [3.63, 3.8) is 0 Å². The van der Waals surface area contributed by atoms with Crippen LogP contribution in [-0.2, 0) is 42.0 Å². The van der Waals surface area contributed by atoms with Crippen LogP contribution in [0.15, 0.2) is 24.3 Å². The van der Waals surface area contributed by atoms with Gasteiger partial charge in [-0.2, -0.15) is 0 Å². The predicted molar refractivity (Wildman–Crippen MR) is 167 cm³/mol. The van der Waals surface area contributed by atoms with Crippen LogP contribution in [0.3, 0.4) is 0 Å². The smallest absolute Gasteiger partial charge is 0.317 e. The van der Waals surface area contributed by atoms with Crippen LogP contribution in [0.1, 0.15) is 31.4 Å². The summed E-state index contributed by atoms with van der Waals surface area (Å²) in [5.41, 5.74) is 9.88. The first-order chi connectivity index (χ1) is 21.8. The van der Waals surface area contributed by atoms with E-state index in [0.29, 0.717) is 58.8 Å². The summed E-state index contributed by atoms with van der Waals surface area (Å²) in [5, 5.41) is 30.9. The molecule has 1 aromatic rings. The molecule has 1 unspecified atom stereocenters. The van der Waals surface area contributed by atoms with Crippen molar-refractivity contribution < 1.29 is 44.1 Å². The minimum absolute atomic E-state index is 0.0253. The molecule has 2 rings (SSSR count). The van der Waals surface area contributed by atoms with Gasteiger partial charge in [-0.05, 0) is 23.5 Å². The number of nitrogens with zero attached hydrogens (tertiary/aromatic N) is 4. The normalized spacial score (nSPS) is 17.0. The Hall–Kier alpha value is -3.67. The molecule has 1 atom stereocenters. The maximum atomic E-state index is 12.9. The van der Waals surface area contributed by atoms with Crippen molar-refractivity contribution >= 4 is 29.7 Å². The molecule has 1 aliphatic heterocycles. The van der Waals surface area contributed by atoms with E-state index in [1.165, 1.54) is 0 Å². The van der Waals surface area contributed by atoms with Crippen molar-refractivity contribution in [2.24, 2.45) is 11.7 Å². The van der Waals surface area contributed by atoms with Gasteiger partial charge in [0.15, 0.2) is 0 Å². The molecule has 2 amide bonds. The Morgan fingerprint density at radius 3 is 1.50 bits per heavy atom. The fourth-order valence-corrected chi connectivity index (χ4v) is 4.88. The van der Waals surface area contributed by atoms with Gasteiger partial charge >= 0.3 is 17.9 Å². The van der Waals surface area contributed by atoms with E-state index in [1.54, 1.807) is 14.7 Å². The molecule has 0 aromatic heterocycles. The summed E-state index contributed by atoms with van der Waals surface area (Å²) in [7, 11) is 0. The molecular weight excluding hydrogens is 602 g/mol. The number of rotatable bonds is 16. The number of aliphatic carboxylic acids is 3. The number of nitrogens with two attached hydrogens (primary N) is 1. The summed E-state index contributed by atoms with van der Waals surface area (Å²) in [4.78, 5) is 71.4. The molecule has 1 fully saturated rings. The molecule has 0 radical (unpaired) electrons. The Kier molecular flexibility index (Phi) is 17.1. The van der Waals surface area contributed by atoms with Crippen LogP contribution in [0.4, 0.5) is 0 Å². The highest BCUT2D eigenvalue weighted by Crippen LogP contribution is 2.07. The van der Waals surface area contributed by atoms with E-state index in [2.05, 4.69) is 10.8 Å². The Bertz CT molecular complexity index is 1100. The van der Waals surface area contributed by atoms with Gasteiger partial charge in [0.25, 0.3) is 5.91 Å². The summed E-state index contributed by atoms with van der Waals surface area (Å²) >= 11 is 0. The first kappa shape index (κ1) is 38.5. The van der Waals surface area contributed by atoms with Gasteiger partial charge in [0.1, 0.15) is 0 Å². The number of amides is 2. The van der Waals surface area contributed by atoms with Crippen LogP contribution in [0, 0.1) is 5.92 Å². The fraction of sp³-hybridized carbons (Fsp3) is 0.633. The zero-order valence-electron chi connectivity index (χ0n) is 26.7.